The molecule has 1 rings (SSSR count). The molecule has 0 aliphatic heterocycles. The summed E-state index contributed by atoms with van der Waals surface area (Å²) in [7, 11) is 0. The minimum atomic E-state index is -0.842. The van der Waals surface area contributed by atoms with Crippen molar-refractivity contribution < 1.29 is 9.90 Å². The van der Waals surface area contributed by atoms with Gasteiger partial charge in [0.05, 0.1) is 10.7 Å². The summed E-state index contributed by atoms with van der Waals surface area (Å²) < 4.78 is 0. The van der Waals surface area contributed by atoms with E-state index in [0.717, 1.165) is 12.8 Å². The second kappa shape index (κ2) is 6.50. The fraction of sp³-hybridized carbons (Fsp3) is 0.462. The summed E-state index contributed by atoms with van der Waals surface area (Å²) in [4.78, 5) is 11.2. The van der Waals surface area contributed by atoms with Crippen molar-refractivity contribution in [2.24, 2.45) is 5.92 Å². The molecule has 0 heterocycles. The molecule has 2 unspecified atom stereocenters. The number of carbonyl (C=O) groups is 1. The molecule has 4 heteroatoms. The number of hydrogen-bond donors (Lipinski definition) is 2. The Morgan fingerprint density at radius 1 is 1.47 bits per heavy atom. The molecule has 0 fully saturated rings. The quantitative estimate of drug-likeness (QED) is 0.816. The Bertz CT molecular complexity index is 381. The highest BCUT2D eigenvalue weighted by molar-refractivity contribution is 6.33. The van der Waals surface area contributed by atoms with E-state index in [0.29, 0.717) is 10.7 Å². The highest BCUT2D eigenvalue weighted by Gasteiger charge is 2.24. The van der Waals surface area contributed by atoms with Gasteiger partial charge in [0.15, 0.2) is 0 Å². The van der Waals surface area contributed by atoms with E-state index in [9.17, 15) is 9.90 Å². The molecule has 0 aromatic heterocycles. The molecule has 0 amide bonds. The molecule has 0 saturated carbocycles. The Kier molecular flexibility index (Phi) is 5.29. The molecule has 0 aliphatic carbocycles. The van der Waals surface area contributed by atoms with Gasteiger partial charge >= 0.3 is 5.97 Å². The van der Waals surface area contributed by atoms with Gasteiger partial charge in [0.2, 0.25) is 0 Å². The van der Waals surface area contributed by atoms with Crippen molar-refractivity contribution in [3.8, 4) is 0 Å². The number of hydrogen-bond acceptors (Lipinski definition) is 2. The Balaban J connectivity index is 2.80. The second-order valence-electron chi connectivity index (χ2n) is 4.21. The fourth-order valence-electron chi connectivity index (χ4n) is 1.82. The molecule has 3 nitrogen and oxygen atoms in total. The van der Waals surface area contributed by atoms with E-state index in [4.69, 9.17) is 11.6 Å². The van der Waals surface area contributed by atoms with Crippen molar-refractivity contribution in [3.05, 3.63) is 29.3 Å². The van der Waals surface area contributed by atoms with E-state index in [1.54, 1.807) is 12.1 Å². The predicted octanol–water partition coefficient (Wildman–Crippen LogP) is 3.64. The summed E-state index contributed by atoms with van der Waals surface area (Å²) in [5.41, 5.74) is 0.671. The van der Waals surface area contributed by atoms with Crippen molar-refractivity contribution in [1.82, 2.24) is 0 Å². The van der Waals surface area contributed by atoms with Crippen LogP contribution in [0.1, 0.15) is 26.7 Å². The van der Waals surface area contributed by atoms with Gasteiger partial charge in [-0.1, -0.05) is 44.0 Å². The third kappa shape index (κ3) is 3.93. The number of para-hydroxylation sites is 1. The van der Waals surface area contributed by atoms with Gasteiger partial charge in [-0.15, -0.1) is 0 Å². The van der Waals surface area contributed by atoms with Crippen LogP contribution in [0.15, 0.2) is 24.3 Å². The van der Waals surface area contributed by atoms with E-state index in [2.05, 4.69) is 5.32 Å². The molecule has 2 N–H and O–H groups in total. The van der Waals surface area contributed by atoms with Gasteiger partial charge in [-0.25, -0.2) is 4.79 Å². The Hall–Kier alpha value is -1.22. The topological polar surface area (TPSA) is 49.3 Å². The van der Waals surface area contributed by atoms with E-state index < -0.39 is 12.0 Å². The average molecular weight is 256 g/mol. The van der Waals surface area contributed by atoms with Crippen molar-refractivity contribution in [1.29, 1.82) is 0 Å². The van der Waals surface area contributed by atoms with Gasteiger partial charge in [0, 0.05) is 0 Å². The standard InChI is InChI=1S/C13H18ClNO2/c1-3-6-9(2)12(13(16)17)15-11-8-5-4-7-10(11)14/h4-5,7-9,12,15H,3,6H2,1-2H3,(H,16,17). The molecule has 1 aromatic carbocycles. The van der Waals surface area contributed by atoms with Crippen LogP contribution >= 0.6 is 11.6 Å². The first-order valence-electron chi connectivity index (χ1n) is 5.80. The lowest BCUT2D eigenvalue weighted by molar-refractivity contribution is -0.139. The minimum Gasteiger partial charge on any atom is -0.480 e. The first-order valence-corrected chi connectivity index (χ1v) is 6.18. The third-order valence-electron chi connectivity index (χ3n) is 2.76. The Labute approximate surface area is 107 Å². The van der Waals surface area contributed by atoms with E-state index in [1.165, 1.54) is 0 Å². The first-order chi connectivity index (χ1) is 8.06. The maximum absolute atomic E-state index is 11.2. The van der Waals surface area contributed by atoms with Crippen LogP contribution in [0, 0.1) is 5.92 Å². The van der Waals surface area contributed by atoms with Gasteiger partial charge in [-0.05, 0) is 24.5 Å². The van der Waals surface area contributed by atoms with Crippen LogP contribution in [0.5, 0.6) is 0 Å². The van der Waals surface area contributed by atoms with Crippen LogP contribution in [-0.4, -0.2) is 17.1 Å². The summed E-state index contributed by atoms with van der Waals surface area (Å²) in [5.74, 6) is -0.778. The number of benzene rings is 1. The molecule has 0 bridgehead atoms. The molecule has 0 spiro atoms. The van der Waals surface area contributed by atoms with Gasteiger partial charge in [-0.3, -0.25) is 0 Å². The van der Waals surface area contributed by atoms with Gasteiger partial charge < -0.3 is 10.4 Å². The first kappa shape index (κ1) is 13.8. The van der Waals surface area contributed by atoms with Crippen molar-refractivity contribution >= 4 is 23.3 Å². The largest absolute Gasteiger partial charge is 0.480 e. The number of halogens is 1. The number of rotatable bonds is 6. The number of carboxylic acids is 1. The predicted molar refractivity (Wildman–Crippen MR) is 70.6 cm³/mol. The smallest absolute Gasteiger partial charge is 0.326 e. The minimum absolute atomic E-state index is 0.0637. The molecule has 17 heavy (non-hydrogen) atoms. The number of aliphatic carboxylic acids is 1. The molecule has 2 atom stereocenters. The van der Waals surface area contributed by atoms with Crippen molar-refractivity contribution in [2.75, 3.05) is 5.32 Å². The maximum atomic E-state index is 11.2. The zero-order chi connectivity index (χ0) is 12.8. The summed E-state index contributed by atoms with van der Waals surface area (Å²) in [5, 5.41) is 12.8. The van der Waals surface area contributed by atoms with Gasteiger partial charge in [0.1, 0.15) is 6.04 Å². The number of carboxylic acid groups (broad SMARTS) is 1. The summed E-state index contributed by atoms with van der Waals surface area (Å²) >= 11 is 6.00. The van der Waals surface area contributed by atoms with Gasteiger partial charge in [0.25, 0.3) is 0 Å². The van der Waals surface area contributed by atoms with Crippen LogP contribution in [0.25, 0.3) is 0 Å². The Morgan fingerprint density at radius 2 is 2.12 bits per heavy atom. The zero-order valence-corrected chi connectivity index (χ0v) is 10.9. The summed E-state index contributed by atoms with van der Waals surface area (Å²) in [6, 6.07) is 6.58. The summed E-state index contributed by atoms with van der Waals surface area (Å²) in [6.45, 7) is 3.98. The average Bonchev–Trinajstić information content (AvgIpc) is 2.27. The highest BCUT2D eigenvalue weighted by Crippen LogP contribution is 2.24. The molecule has 0 saturated heterocycles. The van der Waals surface area contributed by atoms with Gasteiger partial charge in [-0.2, -0.15) is 0 Å². The number of nitrogens with one attached hydrogen (secondary N) is 1. The zero-order valence-electron chi connectivity index (χ0n) is 10.1. The SMILES string of the molecule is CCCC(C)C(Nc1ccccc1Cl)C(=O)O. The Morgan fingerprint density at radius 3 is 2.65 bits per heavy atom. The van der Waals surface area contributed by atoms with Crippen molar-refractivity contribution in [2.45, 2.75) is 32.7 Å². The van der Waals surface area contributed by atoms with Crippen LogP contribution in [0.2, 0.25) is 5.02 Å². The maximum Gasteiger partial charge on any atom is 0.326 e. The van der Waals surface area contributed by atoms with E-state index >= 15 is 0 Å². The van der Waals surface area contributed by atoms with Crippen LogP contribution < -0.4 is 5.32 Å². The molecular formula is C13H18ClNO2. The fourth-order valence-corrected chi connectivity index (χ4v) is 2.01. The van der Waals surface area contributed by atoms with E-state index in [-0.39, 0.29) is 5.92 Å². The molecule has 0 aliphatic rings. The third-order valence-corrected chi connectivity index (χ3v) is 3.09. The van der Waals surface area contributed by atoms with Crippen LogP contribution in [0.3, 0.4) is 0 Å². The molecular weight excluding hydrogens is 238 g/mol. The normalized spacial score (nSPS) is 14.1. The lowest BCUT2D eigenvalue weighted by Gasteiger charge is -2.22. The molecule has 0 radical (unpaired) electrons. The summed E-state index contributed by atoms with van der Waals surface area (Å²) in [6.07, 6.45) is 1.84. The van der Waals surface area contributed by atoms with Crippen molar-refractivity contribution in [3.63, 3.8) is 0 Å². The van der Waals surface area contributed by atoms with Crippen LogP contribution in [0.4, 0.5) is 5.69 Å². The number of anilines is 1. The van der Waals surface area contributed by atoms with Crippen LogP contribution in [-0.2, 0) is 4.79 Å². The highest BCUT2D eigenvalue weighted by atomic mass is 35.5. The lowest BCUT2D eigenvalue weighted by atomic mass is 9.96. The second-order valence-corrected chi connectivity index (χ2v) is 4.61. The lowest BCUT2D eigenvalue weighted by Crippen LogP contribution is -2.35. The molecule has 94 valence electrons. The molecule has 1 aromatic rings. The van der Waals surface area contributed by atoms with E-state index in [1.807, 2.05) is 26.0 Å². The monoisotopic (exact) mass is 255 g/mol.